The van der Waals surface area contributed by atoms with Crippen LogP contribution in [0.2, 0.25) is 0 Å². The van der Waals surface area contributed by atoms with E-state index in [0.29, 0.717) is 30.0 Å². The van der Waals surface area contributed by atoms with Gasteiger partial charge in [-0.25, -0.2) is 8.42 Å². The van der Waals surface area contributed by atoms with Gasteiger partial charge in [0.2, 0.25) is 0 Å². The van der Waals surface area contributed by atoms with Crippen LogP contribution in [0.4, 0.5) is 18.9 Å². The molecule has 1 aliphatic rings. The van der Waals surface area contributed by atoms with Gasteiger partial charge < -0.3 is 18.9 Å². The van der Waals surface area contributed by atoms with Gasteiger partial charge in [0.1, 0.15) is 18.1 Å². The van der Waals surface area contributed by atoms with Gasteiger partial charge in [-0.15, -0.1) is 18.3 Å². The van der Waals surface area contributed by atoms with Crippen LogP contribution in [-0.2, 0) is 26.1 Å². The highest BCUT2D eigenvalue weighted by Crippen LogP contribution is 2.38. The number of fused-ring (bicyclic) bond motifs is 1. The summed E-state index contributed by atoms with van der Waals surface area (Å²) in [5.74, 6) is -0.119. The molecule has 0 amide bonds. The number of esters is 1. The largest absolute Gasteiger partial charge is 0.573 e. The molecule has 2 heterocycles. The average Bonchev–Trinajstić information content (AvgIpc) is 3.39. The first-order valence-electron chi connectivity index (χ1n) is 13.0. The summed E-state index contributed by atoms with van der Waals surface area (Å²) in [5, 5.41) is 4.20. The van der Waals surface area contributed by atoms with Crippen molar-refractivity contribution in [2.75, 3.05) is 31.2 Å². The summed E-state index contributed by atoms with van der Waals surface area (Å²) < 4.78 is 87.7. The number of carbonyl (C=O) groups is 1. The van der Waals surface area contributed by atoms with E-state index in [0.717, 1.165) is 0 Å². The number of benzene rings is 2. The van der Waals surface area contributed by atoms with Crippen LogP contribution in [0.3, 0.4) is 0 Å². The Labute approximate surface area is 242 Å². The number of carbonyl (C=O) groups excluding carboxylic acids is 1. The number of anilines is 1. The molecule has 3 aromatic rings. The number of ether oxygens (including phenoxy) is 4. The van der Waals surface area contributed by atoms with Crippen molar-refractivity contribution < 1.29 is 45.3 Å². The van der Waals surface area contributed by atoms with E-state index >= 15 is 0 Å². The molecule has 0 bridgehead atoms. The van der Waals surface area contributed by atoms with Gasteiger partial charge in [0.05, 0.1) is 25.9 Å². The van der Waals surface area contributed by atoms with Gasteiger partial charge in [0.15, 0.2) is 4.90 Å². The third-order valence-electron chi connectivity index (χ3n) is 5.79. The normalized spacial score (nSPS) is 13.1. The smallest absolute Gasteiger partial charge is 0.489 e. The summed E-state index contributed by atoms with van der Waals surface area (Å²) in [6, 6.07) is 10.6. The number of hydrogen-bond donors (Lipinski definition) is 0. The Morgan fingerprint density at radius 2 is 1.86 bits per heavy atom. The van der Waals surface area contributed by atoms with E-state index in [1.165, 1.54) is 46.6 Å². The van der Waals surface area contributed by atoms with Crippen molar-refractivity contribution in [2.24, 2.45) is 0 Å². The fourth-order valence-corrected chi connectivity index (χ4v) is 5.34. The summed E-state index contributed by atoms with van der Waals surface area (Å²) in [6.45, 7) is 6.25. The number of halogens is 3. The van der Waals surface area contributed by atoms with Crippen molar-refractivity contribution in [1.29, 1.82) is 0 Å². The Bertz CT molecular complexity index is 1500. The second kappa shape index (κ2) is 14.1. The summed E-state index contributed by atoms with van der Waals surface area (Å²) in [5.41, 5.74) is 1.06. The molecule has 0 spiro atoms. The van der Waals surface area contributed by atoms with Crippen LogP contribution in [0.15, 0.2) is 53.6 Å². The Balaban J connectivity index is 0.000000730. The zero-order valence-corrected chi connectivity index (χ0v) is 24.4. The molecule has 1 aliphatic heterocycles. The SMILES string of the molecule is CCC(=O)OC.CCOc1nn(CC)cc1S(=O)(=O)N1CCOc2ccc(/C=C/c3ccccc3OC(F)(F)F)cc21. The molecule has 2 aromatic carbocycles. The predicted molar refractivity (Wildman–Crippen MR) is 150 cm³/mol. The second-order valence-electron chi connectivity index (χ2n) is 8.59. The van der Waals surface area contributed by atoms with Crippen molar-refractivity contribution in [3.8, 4) is 17.4 Å². The van der Waals surface area contributed by atoms with Gasteiger partial charge in [0.25, 0.3) is 15.9 Å². The first-order valence-corrected chi connectivity index (χ1v) is 14.5. The number of rotatable bonds is 9. The highest BCUT2D eigenvalue weighted by atomic mass is 32.2. The van der Waals surface area contributed by atoms with Crippen LogP contribution in [0.25, 0.3) is 12.2 Å². The van der Waals surface area contributed by atoms with Gasteiger partial charge >= 0.3 is 12.3 Å². The van der Waals surface area contributed by atoms with Crippen molar-refractivity contribution >= 4 is 33.8 Å². The Morgan fingerprint density at radius 1 is 1.12 bits per heavy atom. The molecule has 10 nitrogen and oxygen atoms in total. The van der Waals surface area contributed by atoms with Gasteiger partial charge in [-0.2, -0.15) is 0 Å². The Kier molecular flexibility index (Phi) is 10.9. The number of aromatic nitrogens is 2. The molecular weight excluding hydrogens is 579 g/mol. The van der Waals surface area contributed by atoms with Gasteiger partial charge in [0, 0.05) is 24.7 Å². The molecule has 0 atom stereocenters. The third kappa shape index (κ3) is 8.18. The molecule has 0 unspecified atom stereocenters. The maximum atomic E-state index is 13.6. The van der Waals surface area contributed by atoms with Crippen LogP contribution < -0.4 is 18.5 Å². The molecule has 0 N–H and O–H groups in total. The summed E-state index contributed by atoms with van der Waals surface area (Å²) in [4.78, 5) is 9.90. The maximum Gasteiger partial charge on any atom is 0.573 e. The number of alkyl halides is 3. The molecular formula is C28H32F3N3O7S. The van der Waals surface area contributed by atoms with Gasteiger partial charge in [-0.3, -0.25) is 13.8 Å². The number of nitrogens with zero attached hydrogens (tertiary/aromatic N) is 3. The lowest BCUT2D eigenvalue weighted by Gasteiger charge is -2.30. The van der Waals surface area contributed by atoms with Crippen LogP contribution in [0, 0.1) is 0 Å². The molecule has 0 aliphatic carbocycles. The van der Waals surface area contributed by atoms with E-state index in [-0.39, 0.29) is 47.8 Å². The minimum atomic E-state index is -4.83. The standard InChI is InChI=1S/C24H24F3N3O5S.C4H8O2/c1-3-29-16-22(23(28-29)33-4-2)36(31,32)30-13-14-34-21-12-10-17(15-19(21)30)9-11-18-7-5-6-8-20(18)35-24(25,26)27;1-3-4(5)6-2/h5-12,15-16H,3-4,13-14H2,1-2H3;3H2,1-2H3/b11-9+;. The third-order valence-corrected chi connectivity index (χ3v) is 7.58. The lowest BCUT2D eigenvalue weighted by atomic mass is 10.1. The highest BCUT2D eigenvalue weighted by Gasteiger charge is 2.35. The minimum Gasteiger partial charge on any atom is -0.489 e. The molecule has 1 aromatic heterocycles. The van der Waals surface area contributed by atoms with Crippen LogP contribution >= 0.6 is 0 Å². The first-order chi connectivity index (χ1) is 19.9. The van der Waals surface area contributed by atoms with Crippen molar-refractivity contribution in [3.63, 3.8) is 0 Å². The van der Waals surface area contributed by atoms with Crippen LogP contribution in [0.1, 0.15) is 38.3 Å². The maximum absolute atomic E-state index is 13.6. The number of sulfonamides is 1. The second-order valence-corrected chi connectivity index (χ2v) is 10.4. The first kappa shape index (κ1) is 32.3. The monoisotopic (exact) mass is 611 g/mol. The van der Waals surface area contributed by atoms with Crippen molar-refractivity contribution in [1.82, 2.24) is 9.78 Å². The van der Waals surface area contributed by atoms with Crippen LogP contribution in [0.5, 0.6) is 17.4 Å². The summed E-state index contributed by atoms with van der Waals surface area (Å²) >= 11 is 0. The topological polar surface area (TPSA) is 109 Å². The fraction of sp³-hybridized carbons (Fsp3) is 0.357. The molecule has 228 valence electrons. The number of aryl methyl sites for hydroxylation is 1. The lowest BCUT2D eigenvalue weighted by molar-refractivity contribution is -0.274. The lowest BCUT2D eigenvalue weighted by Crippen LogP contribution is -2.38. The number of hydrogen-bond acceptors (Lipinski definition) is 8. The molecule has 0 fully saturated rings. The van der Waals surface area contributed by atoms with Crippen molar-refractivity contribution in [2.45, 2.75) is 45.0 Å². The zero-order valence-electron chi connectivity index (χ0n) is 23.6. The fourth-order valence-electron chi connectivity index (χ4n) is 3.81. The summed E-state index contributed by atoms with van der Waals surface area (Å²) in [6.07, 6.45) is 0.101. The molecule has 42 heavy (non-hydrogen) atoms. The van der Waals surface area contributed by atoms with E-state index in [4.69, 9.17) is 9.47 Å². The molecule has 0 radical (unpaired) electrons. The van der Waals surface area contributed by atoms with E-state index in [2.05, 4.69) is 14.6 Å². The van der Waals surface area contributed by atoms with Crippen molar-refractivity contribution in [3.05, 3.63) is 59.8 Å². The Morgan fingerprint density at radius 3 is 2.48 bits per heavy atom. The van der Waals surface area contributed by atoms with E-state index in [9.17, 15) is 26.4 Å². The average molecular weight is 612 g/mol. The molecule has 0 saturated carbocycles. The predicted octanol–water partition coefficient (Wildman–Crippen LogP) is 5.53. The molecule has 0 saturated heterocycles. The molecule has 14 heteroatoms. The van der Waals surface area contributed by atoms with Gasteiger partial charge in [-0.1, -0.05) is 43.3 Å². The highest BCUT2D eigenvalue weighted by molar-refractivity contribution is 7.93. The van der Waals surface area contributed by atoms with E-state index < -0.39 is 16.4 Å². The number of methoxy groups -OCH3 is 1. The van der Waals surface area contributed by atoms with Crippen LogP contribution in [-0.4, -0.2) is 57.4 Å². The van der Waals surface area contributed by atoms with Gasteiger partial charge in [-0.05, 0) is 37.6 Å². The van der Waals surface area contributed by atoms with E-state index in [1.807, 2.05) is 6.92 Å². The molecule has 4 rings (SSSR count). The zero-order chi connectivity index (χ0) is 30.9. The number of para-hydroxylation sites is 1. The van der Waals surface area contributed by atoms with E-state index in [1.54, 1.807) is 44.2 Å². The Hall–Kier alpha value is -4.20. The minimum absolute atomic E-state index is 0.0183. The quantitative estimate of drug-likeness (QED) is 0.230. The summed E-state index contributed by atoms with van der Waals surface area (Å²) in [7, 11) is -2.67.